The van der Waals surface area contributed by atoms with Crippen LogP contribution >= 0.6 is 0 Å². The van der Waals surface area contributed by atoms with Gasteiger partial charge in [-0.15, -0.1) is 0 Å². The number of methoxy groups -OCH3 is 2. The molecule has 1 fully saturated rings. The van der Waals surface area contributed by atoms with Crippen LogP contribution in [0, 0.1) is 0 Å². The molecule has 6 nitrogen and oxygen atoms in total. The number of benzene rings is 1. The molecule has 0 unspecified atom stereocenters. The van der Waals surface area contributed by atoms with Gasteiger partial charge in [-0.05, 0) is 31.7 Å². The summed E-state index contributed by atoms with van der Waals surface area (Å²) in [6.07, 6.45) is 1.60. The number of amides is 1. The fourth-order valence-electron chi connectivity index (χ4n) is 2.51. The van der Waals surface area contributed by atoms with E-state index in [0.29, 0.717) is 5.75 Å². The van der Waals surface area contributed by atoms with Crippen LogP contribution < -0.4 is 14.9 Å². The topological polar surface area (TPSA) is 54.0 Å². The van der Waals surface area contributed by atoms with Crippen molar-refractivity contribution >= 4 is 11.5 Å². The number of hydrogen-bond acceptors (Lipinski definition) is 5. The van der Waals surface area contributed by atoms with Gasteiger partial charge in [0.05, 0.1) is 14.2 Å². The molecule has 0 atom stereocenters. The minimum atomic E-state index is -0.120. The largest absolute Gasteiger partial charge is 0.497 e. The van der Waals surface area contributed by atoms with E-state index in [1.165, 1.54) is 0 Å². The predicted octanol–water partition coefficient (Wildman–Crippen LogP) is 1.39. The minimum Gasteiger partial charge on any atom is -0.497 e. The Kier molecular flexibility index (Phi) is 6.01. The van der Waals surface area contributed by atoms with Gasteiger partial charge in [-0.25, -0.2) is 5.01 Å². The molecule has 1 aliphatic heterocycles. The van der Waals surface area contributed by atoms with Crippen LogP contribution in [-0.4, -0.2) is 63.3 Å². The van der Waals surface area contributed by atoms with Crippen LogP contribution in [0.3, 0.4) is 0 Å². The Bertz CT molecular complexity index is 578. The Morgan fingerprint density at radius 2 is 1.87 bits per heavy atom. The van der Waals surface area contributed by atoms with Gasteiger partial charge in [-0.3, -0.25) is 10.2 Å². The van der Waals surface area contributed by atoms with E-state index in [2.05, 4.69) is 17.4 Å². The van der Waals surface area contributed by atoms with Crippen LogP contribution in [0.2, 0.25) is 0 Å². The number of piperazine rings is 1. The highest BCUT2D eigenvalue weighted by atomic mass is 16.5. The molecular formula is C17H25N3O3. The summed E-state index contributed by atoms with van der Waals surface area (Å²) in [5, 5.41) is 1.96. The van der Waals surface area contributed by atoms with Gasteiger partial charge in [0, 0.05) is 43.9 Å². The number of hydrogen-bond donors (Lipinski definition) is 1. The molecule has 0 spiro atoms. The molecule has 0 bridgehead atoms. The van der Waals surface area contributed by atoms with Gasteiger partial charge in [0.25, 0.3) is 5.91 Å². The SMILES string of the molecule is COc1ccc(/C(C)=C/C(=O)NN2CCN(C)CC2)c(OC)c1. The van der Waals surface area contributed by atoms with Crippen LogP contribution in [0.15, 0.2) is 24.3 Å². The van der Waals surface area contributed by atoms with E-state index in [1.807, 2.05) is 30.1 Å². The molecule has 1 aliphatic rings. The molecule has 1 amide bonds. The fourth-order valence-corrected chi connectivity index (χ4v) is 2.51. The predicted molar refractivity (Wildman–Crippen MR) is 90.4 cm³/mol. The van der Waals surface area contributed by atoms with E-state index < -0.39 is 0 Å². The highest BCUT2D eigenvalue weighted by molar-refractivity contribution is 5.95. The van der Waals surface area contributed by atoms with Crippen molar-refractivity contribution in [3.8, 4) is 11.5 Å². The van der Waals surface area contributed by atoms with Gasteiger partial charge in [0.15, 0.2) is 0 Å². The van der Waals surface area contributed by atoms with Gasteiger partial charge in [-0.2, -0.15) is 0 Å². The third-order valence-corrected chi connectivity index (χ3v) is 3.95. The smallest absolute Gasteiger partial charge is 0.258 e. The molecule has 1 N–H and O–H groups in total. The number of carbonyl (C=O) groups excluding carboxylic acids is 1. The third kappa shape index (κ3) is 4.71. The first-order valence-corrected chi connectivity index (χ1v) is 7.68. The molecular weight excluding hydrogens is 294 g/mol. The molecule has 126 valence electrons. The van der Waals surface area contributed by atoms with Crippen LogP contribution in [0.1, 0.15) is 12.5 Å². The molecule has 0 aliphatic carbocycles. The van der Waals surface area contributed by atoms with Crippen LogP contribution in [-0.2, 0) is 4.79 Å². The molecule has 0 radical (unpaired) electrons. The molecule has 1 heterocycles. The summed E-state index contributed by atoms with van der Waals surface area (Å²) in [7, 11) is 5.30. The number of rotatable bonds is 5. The van der Waals surface area contributed by atoms with Crippen molar-refractivity contribution in [1.82, 2.24) is 15.3 Å². The van der Waals surface area contributed by atoms with E-state index in [1.54, 1.807) is 20.3 Å². The molecule has 2 rings (SSSR count). The fraction of sp³-hybridized carbons (Fsp3) is 0.471. The highest BCUT2D eigenvalue weighted by Crippen LogP contribution is 2.29. The Morgan fingerprint density at radius 1 is 1.17 bits per heavy atom. The second-order valence-electron chi connectivity index (χ2n) is 5.66. The summed E-state index contributed by atoms with van der Waals surface area (Å²) in [6, 6.07) is 5.56. The molecule has 1 saturated heterocycles. The Morgan fingerprint density at radius 3 is 2.48 bits per heavy atom. The lowest BCUT2D eigenvalue weighted by molar-refractivity contribution is -0.121. The van der Waals surface area contributed by atoms with E-state index in [-0.39, 0.29) is 5.91 Å². The molecule has 6 heteroatoms. The second-order valence-corrected chi connectivity index (χ2v) is 5.66. The Labute approximate surface area is 137 Å². The molecule has 1 aromatic carbocycles. The average molecular weight is 319 g/mol. The molecule has 1 aromatic rings. The van der Waals surface area contributed by atoms with Gasteiger partial charge >= 0.3 is 0 Å². The summed E-state index contributed by atoms with van der Waals surface area (Å²) in [5.74, 6) is 1.29. The number of allylic oxidation sites excluding steroid dienone is 1. The van der Waals surface area contributed by atoms with Crippen molar-refractivity contribution in [2.75, 3.05) is 47.4 Å². The summed E-state index contributed by atoms with van der Waals surface area (Å²) in [5.41, 5.74) is 4.65. The lowest BCUT2D eigenvalue weighted by Crippen LogP contribution is -2.52. The van der Waals surface area contributed by atoms with E-state index in [0.717, 1.165) is 43.1 Å². The third-order valence-electron chi connectivity index (χ3n) is 3.95. The summed E-state index contributed by atoms with van der Waals surface area (Å²) in [4.78, 5) is 14.4. The molecule has 0 saturated carbocycles. The summed E-state index contributed by atoms with van der Waals surface area (Å²) in [6.45, 7) is 5.47. The zero-order chi connectivity index (χ0) is 16.8. The highest BCUT2D eigenvalue weighted by Gasteiger charge is 2.15. The van der Waals surface area contributed by atoms with Crippen molar-refractivity contribution in [1.29, 1.82) is 0 Å². The van der Waals surface area contributed by atoms with Crippen LogP contribution in [0.4, 0.5) is 0 Å². The first-order chi connectivity index (χ1) is 11.0. The van der Waals surface area contributed by atoms with Gasteiger partial charge < -0.3 is 14.4 Å². The standard InChI is InChI=1S/C17H25N3O3/c1-13(15-6-5-14(22-3)12-16(15)23-4)11-17(21)18-20-9-7-19(2)8-10-20/h5-6,11-12H,7-10H2,1-4H3,(H,18,21)/b13-11+. The van der Waals surface area contributed by atoms with Crippen molar-refractivity contribution in [2.24, 2.45) is 0 Å². The van der Waals surface area contributed by atoms with Crippen LogP contribution in [0.25, 0.3) is 5.57 Å². The van der Waals surface area contributed by atoms with E-state index in [9.17, 15) is 4.79 Å². The summed E-state index contributed by atoms with van der Waals surface area (Å²) >= 11 is 0. The summed E-state index contributed by atoms with van der Waals surface area (Å²) < 4.78 is 10.6. The van der Waals surface area contributed by atoms with E-state index >= 15 is 0 Å². The Balaban J connectivity index is 2.05. The lowest BCUT2D eigenvalue weighted by Gasteiger charge is -2.32. The number of nitrogens with zero attached hydrogens (tertiary/aromatic N) is 2. The molecule has 23 heavy (non-hydrogen) atoms. The van der Waals surface area contributed by atoms with Gasteiger partial charge in [0.2, 0.25) is 0 Å². The number of carbonyl (C=O) groups is 1. The van der Waals surface area contributed by atoms with Crippen LogP contribution in [0.5, 0.6) is 11.5 Å². The van der Waals surface area contributed by atoms with Crippen molar-refractivity contribution in [2.45, 2.75) is 6.92 Å². The van der Waals surface area contributed by atoms with Crippen molar-refractivity contribution in [3.63, 3.8) is 0 Å². The maximum atomic E-state index is 12.2. The number of hydrazine groups is 1. The van der Waals surface area contributed by atoms with Crippen molar-refractivity contribution < 1.29 is 14.3 Å². The van der Waals surface area contributed by atoms with Gasteiger partial charge in [0.1, 0.15) is 11.5 Å². The maximum absolute atomic E-state index is 12.2. The zero-order valence-corrected chi connectivity index (χ0v) is 14.3. The normalized spacial score (nSPS) is 17.0. The number of nitrogens with one attached hydrogen (secondary N) is 1. The monoisotopic (exact) mass is 319 g/mol. The zero-order valence-electron chi connectivity index (χ0n) is 14.3. The lowest BCUT2D eigenvalue weighted by atomic mass is 10.1. The first-order valence-electron chi connectivity index (χ1n) is 7.68. The van der Waals surface area contributed by atoms with Crippen molar-refractivity contribution in [3.05, 3.63) is 29.8 Å². The number of likely N-dealkylation sites (N-methyl/N-ethyl adjacent to an activating group) is 1. The maximum Gasteiger partial charge on any atom is 0.258 e. The average Bonchev–Trinajstić information content (AvgIpc) is 2.56. The first kappa shape index (κ1) is 17.3. The Hall–Kier alpha value is -2.05. The van der Waals surface area contributed by atoms with Gasteiger partial charge in [-0.1, -0.05) is 0 Å². The second kappa shape index (κ2) is 7.99. The minimum absolute atomic E-state index is 0.120. The number of ether oxygens (including phenoxy) is 2. The molecule has 0 aromatic heterocycles. The van der Waals surface area contributed by atoms with E-state index in [4.69, 9.17) is 9.47 Å². The quantitative estimate of drug-likeness (QED) is 0.831.